The molecule has 5 heteroatoms. The number of amides is 1. The van der Waals surface area contributed by atoms with Crippen molar-refractivity contribution in [3.8, 4) is 5.75 Å². The predicted molar refractivity (Wildman–Crippen MR) is 116 cm³/mol. The monoisotopic (exact) mass is 403 g/mol. The molecule has 1 atom stereocenters. The fraction of sp³-hybridized carbons (Fsp3) is 0.200. The molecule has 0 heterocycles. The minimum atomic E-state index is -1.07. The summed E-state index contributed by atoms with van der Waals surface area (Å²) in [4.78, 5) is 25.6. The molecule has 0 unspecified atom stereocenters. The number of esters is 1. The van der Waals surface area contributed by atoms with Crippen LogP contribution in [0.5, 0.6) is 5.75 Å². The number of ether oxygens (including phenoxy) is 2. The lowest BCUT2D eigenvalue weighted by Crippen LogP contribution is -2.26. The summed E-state index contributed by atoms with van der Waals surface area (Å²) in [6.07, 6.45) is -0.981. The summed E-state index contributed by atoms with van der Waals surface area (Å²) in [5.41, 5.74) is 3.07. The summed E-state index contributed by atoms with van der Waals surface area (Å²) in [6, 6.07) is 23.8. The summed E-state index contributed by atoms with van der Waals surface area (Å²) in [5, 5.41) is 2.83. The Morgan fingerprint density at radius 2 is 1.57 bits per heavy atom. The predicted octanol–water partition coefficient (Wildman–Crippen LogP) is 4.86. The zero-order valence-corrected chi connectivity index (χ0v) is 17.1. The Morgan fingerprint density at radius 3 is 2.27 bits per heavy atom. The van der Waals surface area contributed by atoms with Gasteiger partial charge in [0.25, 0.3) is 5.91 Å². The van der Waals surface area contributed by atoms with Gasteiger partial charge in [0.05, 0.1) is 18.7 Å². The lowest BCUT2D eigenvalue weighted by molar-refractivity contribution is -0.154. The van der Waals surface area contributed by atoms with E-state index in [9.17, 15) is 9.59 Å². The Morgan fingerprint density at radius 1 is 0.900 bits per heavy atom. The van der Waals surface area contributed by atoms with Crippen molar-refractivity contribution in [1.29, 1.82) is 0 Å². The van der Waals surface area contributed by atoms with Gasteiger partial charge in [0.2, 0.25) is 6.10 Å². The van der Waals surface area contributed by atoms with E-state index in [1.165, 1.54) is 0 Å². The molecule has 0 aliphatic heterocycles. The van der Waals surface area contributed by atoms with E-state index in [1.807, 2.05) is 50.2 Å². The van der Waals surface area contributed by atoms with E-state index < -0.39 is 18.0 Å². The van der Waals surface area contributed by atoms with Crippen LogP contribution in [-0.4, -0.2) is 18.5 Å². The van der Waals surface area contributed by atoms with Crippen molar-refractivity contribution in [2.45, 2.75) is 26.4 Å². The number of nitrogens with one attached hydrogen (secondary N) is 1. The van der Waals surface area contributed by atoms with Gasteiger partial charge in [0.15, 0.2) is 0 Å². The molecule has 0 bridgehead atoms. The summed E-state index contributed by atoms with van der Waals surface area (Å²) in [5.74, 6) is -0.349. The number of rotatable bonds is 8. The van der Waals surface area contributed by atoms with Crippen LogP contribution in [0.2, 0.25) is 0 Å². The molecule has 30 heavy (non-hydrogen) atoms. The first kappa shape index (κ1) is 21.1. The number of hydrogen-bond donors (Lipinski definition) is 1. The number of carbonyl (C=O) groups excluding carboxylic acids is 2. The van der Waals surface area contributed by atoms with Gasteiger partial charge < -0.3 is 14.8 Å². The summed E-state index contributed by atoms with van der Waals surface area (Å²) >= 11 is 0. The Labute approximate surface area is 176 Å². The smallest absolute Gasteiger partial charge is 0.311 e. The zero-order valence-electron chi connectivity index (χ0n) is 17.1. The average Bonchev–Trinajstić information content (AvgIpc) is 2.76. The molecule has 1 amide bonds. The van der Waals surface area contributed by atoms with Gasteiger partial charge in [-0.1, -0.05) is 72.3 Å². The van der Waals surface area contributed by atoms with E-state index in [0.29, 0.717) is 23.6 Å². The van der Waals surface area contributed by atoms with Crippen LogP contribution in [0.25, 0.3) is 0 Å². The molecule has 3 aromatic carbocycles. The summed E-state index contributed by atoms with van der Waals surface area (Å²) in [6.45, 7) is 4.33. The lowest BCUT2D eigenvalue weighted by Gasteiger charge is -2.19. The molecule has 3 aromatic rings. The highest BCUT2D eigenvalue weighted by atomic mass is 16.5. The van der Waals surface area contributed by atoms with Crippen LogP contribution in [0, 0.1) is 6.92 Å². The quantitative estimate of drug-likeness (QED) is 0.546. The maximum absolute atomic E-state index is 13.1. The summed E-state index contributed by atoms with van der Waals surface area (Å²) in [7, 11) is 0. The van der Waals surface area contributed by atoms with Gasteiger partial charge in [-0.05, 0) is 31.5 Å². The van der Waals surface area contributed by atoms with E-state index >= 15 is 0 Å². The first-order chi connectivity index (χ1) is 14.6. The van der Waals surface area contributed by atoms with Crippen LogP contribution in [0.1, 0.15) is 29.7 Å². The van der Waals surface area contributed by atoms with Crippen molar-refractivity contribution in [1.82, 2.24) is 0 Å². The molecule has 0 saturated carbocycles. The SMILES string of the molecule is CCOc1ccccc1NC(=O)[C@@H](OC(=O)Cc1ccc(C)cc1)c1ccccc1. The molecule has 0 radical (unpaired) electrons. The molecular weight excluding hydrogens is 378 g/mol. The van der Waals surface area contributed by atoms with Gasteiger partial charge in [-0.3, -0.25) is 9.59 Å². The van der Waals surface area contributed by atoms with Crippen molar-refractivity contribution < 1.29 is 19.1 Å². The fourth-order valence-corrected chi connectivity index (χ4v) is 3.00. The van der Waals surface area contributed by atoms with Gasteiger partial charge in [0, 0.05) is 5.56 Å². The minimum absolute atomic E-state index is 0.0897. The van der Waals surface area contributed by atoms with E-state index in [4.69, 9.17) is 9.47 Å². The fourth-order valence-electron chi connectivity index (χ4n) is 3.00. The average molecular weight is 403 g/mol. The molecule has 154 valence electrons. The molecule has 3 rings (SSSR count). The molecule has 0 aliphatic carbocycles. The standard InChI is InChI=1S/C25H25NO4/c1-3-29-22-12-8-7-11-21(22)26-25(28)24(20-9-5-4-6-10-20)30-23(27)17-19-15-13-18(2)14-16-19/h4-16,24H,3,17H2,1-2H3,(H,26,28)/t24-/m0/s1. The second-order valence-electron chi connectivity index (χ2n) is 6.86. The normalized spacial score (nSPS) is 11.4. The lowest BCUT2D eigenvalue weighted by atomic mass is 10.1. The molecule has 0 spiro atoms. The third-order valence-corrected chi connectivity index (χ3v) is 4.50. The largest absolute Gasteiger partial charge is 0.492 e. The van der Waals surface area contributed by atoms with E-state index in [1.54, 1.807) is 42.5 Å². The van der Waals surface area contributed by atoms with Crippen LogP contribution in [0.15, 0.2) is 78.9 Å². The van der Waals surface area contributed by atoms with Crippen LogP contribution in [0.4, 0.5) is 5.69 Å². The van der Waals surface area contributed by atoms with Gasteiger partial charge in [-0.2, -0.15) is 0 Å². The number of aryl methyl sites for hydroxylation is 1. The highest BCUT2D eigenvalue weighted by Gasteiger charge is 2.26. The second-order valence-corrected chi connectivity index (χ2v) is 6.86. The summed E-state index contributed by atoms with van der Waals surface area (Å²) < 4.78 is 11.2. The van der Waals surface area contributed by atoms with Gasteiger partial charge >= 0.3 is 5.97 Å². The number of benzene rings is 3. The highest BCUT2D eigenvalue weighted by Crippen LogP contribution is 2.27. The van der Waals surface area contributed by atoms with Crippen LogP contribution < -0.4 is 10.1 Å². The zero-order chi connectivity index (χ0) is 21.3. The van der Waals surface area contributed by atoms with E-state index in [2.05, 4.69) is 5.32 Å². The number of carbonyl (C=O) groups is 2. The molecular formula is C25H25NO4. The minimum Gasteiger partial charge on any atom is -0.492 e. The maximum atomic E-state index is 13.1. The highest BCUT2D eigenvalue weighted by molar-refractivity contribution is 5.97. The van der Waals surface area contributed by atoms with Gasteiger partial charge in [0.1, 0.15) is 5.75 Å². The first-order valence-corrected chi connectivity index (χ1v) is 9.89. The molecule has 5 nitrogen and oxygen atoms in total. The Bertz CT molecular complexity index is 984. The van der Waals surface area contributed by atoms with Crippen molar-refractivity contribution >= 4 is 17.6 Å². The van der Waals surface area contributed by atoms with E-state index in [0.717, 1.165) is 11.1 Å². The number of para-hydroxylation sites is 2. The van der Waals surface area contributed by atoms with E-state index in [-0.39, 0.29) is 6.42 Å². The Kier molecular flexibility index (Phi) is 7.22. The van der Waals surface area contributed by atoms with Crippen molar-refractivity contribution in [3.63, 3.8) is 0 Å². The first-order valence-electron chi connectivity index (χ1n) is 9.89. The van der Waals surface area contributed by atoms with Crippen LogP contribution in [0.3, 0.4) is 0 Å². The molecule has 0 aromatic heterocycles. The second kappa shape index (κ2) is 10.3. The molecule has 1 N–H and O–H groups in total. The third-order valence-electron chi connectivity index (χ3n) is 4.50. The molecule has 0 aliphatic rings. The van der Waals surface area contributed by atoms with Gasteiger partial charge in [-0.25, -0.2) is 0 Å². The molecule has 0 saturated heterocycles. The molecule has 0 fully saturated rings. The van der Waals surface area contributed by atoms with Gasteiger partial charge in [-0.15, -0.1) is 0 Å². The Balaban J connectivity index is 1.78. The number of anilines is 1. The maximum Gasteiger partial charge on any atom is 0.311 e. The van der Waals surface area contributed by atoms with Crippen LogP contribution in [-0.2, 0) is 20.7 Å². The van der Waals surface area contributed by atoms with Crippen LogP contribution >= 0.6 is 0 Å². The third kappa shape index (κ3) is 5.70. The Hall–Kier alpha value is -3.60. The van der Waals surface area contributed by atoms with Crippen molar-refractivity contribution in [2.75, 3.05) is 11.9 Å². The van der Waals surface area contributed by atoms with Crippen molar-refractivity contribution in [3.05, 3.63) is 95.6 Å². The number of hydrogen-bond acceptors (Lipinski definition) is 4. The topological polar surface area (TPSA) is 64.6 Å². The van der Waals surface area contributed by atoms with Crippen molar-refractivity contribution in [2.24, 2.45) is 0 Å².